The topological polar surface area (TPSA) is 78.9 Å². The zero-order chi connectivity index (χ0) is 31.9. The molecule has 0 saturated heterocycles. The van der Waals surface area contributed by atoms with Gasteiger partial charge in [0.05, 0.1) is 6.61 Å². The number of carbonyl (C=O) groups excluding carboxylic acids is 3. The first-order valence-electron chi connectivity index (χ1n) is 17.6. The van der Waals surface area contributed by atoms with Crippen molar-refractivity contribution >= 4 is 17.9 Å². The molecule has 6 nitrogen and oxygen atoms in total. The van der Waals surface area contributed by atoms with Crippen LogP contribution in [0.5, 0.6) is 0 Å². The Bertz CT molecular complexity index is 1070. The Balaban J connectivity index is 1.17. The highest BCUT2D eigenvalue weighted by Gasteiger charge is 2.56. The third-order valence-electron chi connectivity index (χ3n) is 11.3. The molecule has 0 N–H and O–H groups in total. The van der Waals surface area contributed by atoms with Crippen molar-refractivity contribution in [1.29, 1.82) is 0 Å². The van der Waals surface area contributed by atoms with E-state index in [0.717, 1.165) is 69.8 Å². The molecule has 0 amide bonds. The van der Waals surface area contributed by atoms with Crippen molar-refractivity contribution in [2.75, 3.05) is 6.61 Å². The first-order valence-corrected chi connectivity index (χ1v) is 17.6. The minimum atomic E-state index is -0.355. The van der Waals surface area contributed by atoms with Crippen LogP contribution in [-0.4, -0.2) is 36.7 Å². The fourth-order valence-electron chi connectivity index (χ4n) is 8.66. The zero-order valence-electron chi connectivity index (χ0n) is 28.2. The maximum absolute atomic E-state index is 12.7. The van der Waals surface area contributed by atoms with Gasteiger partial charge in [-0.15, -0.1) is 0 Å². The van der Waals surface area contributed by atoms with Crippen LogP contribution in [0.4, 0.5) is 0 Å². The quantitative estimate of drug-likeness (QED) is 0.0900. The second-order valence-corrected chi connectivity index (χ2v) is 15.3. The Hall–Kier alpha value is -2.37. The average molecular weight is 611 g/mol. The van der Waals surface area contributed by atoms with E-state index in [1.54, 1.807) is 12.2 Å². The lowest BCUT2D eigenvalue weighted by Gasteiger charge is -2.36. The molecule has 0 aromatic carbocycles. The predicted molar refractivity (Wildman–Crippen MR) is 173 cm³/mol. The lowest BCUT2D eigenvalue weighted by molar-refractivity contribution is -0.147. The highest BCUT2D eigenvalue weighted by Crippen LogP contribution is 2.61. The molecule has 2 bridgehead atoms. The van der Waals surface area contributed by atoms with E-state index in [2.05, 4.69) is 40.7 Å². The highest BCUT2D eigenvalue weighted by molar-refractivity contribution is 5.87. The van der Waals surface area contributed by atoms with Gasteiger partial charge in [-0.05, 0) is 112 Å². The number of rotatable bonds is 13. The Morgan fingerprint density at radius 1 is 0.841 bits per heavy atom. The van der Waals surface area contributed by atoms with Gasteiger partial charge in [0.15, 0.2) is 0 Å². The smallest absolute Gasteiger partial charge is 0.333 e. The molecule has 4 saturated carbocycles. The Kier molecular flexibility index (Phi) is 12.4. The monoisotopic (exact) mass is 610 g/mol. The molecule has 4 aliphatic rings. The summed E-state index contributed by atoms with van der Waals surface area (Å²) < 4.78 is 17.2. The van der Waals surface area contributed by atoms with E-state index in [0.29, 0.717) is 53.4 Å². The van der Waals surface area contributed by atoms with Crippen molar-refractivity contribution in [2.45, 2.75) is 131 Å². The van der Waals surface area contributed by atoms with Gasteiger partial charge in [-0.1, -0.05) is 72.1 Å². The number of hydrogen-bond donors (Lipinski definition) is 0. The van der Waals surface area contributed by atoms with Crippen LogP contribution in [-0.2, 0) is 28.6 Å². The maximum atomic E-state index is 12.7. The molecule has 0 spiro atoms. The Morgan fingerprint density at radius 3 is 2.14 bits per heavy atom. The maximum Gasteiger partial charge on any atom is 0.333 e. The molecule has 4 rings (SSSR count). The van der Waals surface area contributed by atoms with Gasteiger partial charge in [-0.3, -0.25) is 0 Å². The standard InChI is InChI=1S/C38H58O6/c1-7-9-12-26(8-2)24-42-37(41)25(3)19-27-20-31-28-22-33(32(31)21-27)34(23-28)44-36(40)14-11-10-13-35(39)43-30-17-15-29(16-18-30)38(4,5)6/h10-11,13-14,19,26-34H,7-9,12,15-18,20-24H2,1-6H3/b13-10+,14-11+,25-19+. The highest BCUT2D eigenvalue weighted by atomic mass is 16.5. The summed E-state index contributed by atoms with van der Waals surface area (Å²) in [7, 11) is 0. The molecule has 4 aliphatic carbocycles. The van der Waals surface area contributed by atoms with Crippen LogP contribution in [0.1, 0.15) is 119 Å². The number of unbranched alkanes of at least 4 members (excludes halogenated alkanes) is 1. The normalized spacial score (nSPS) is 32.6. The third-order valence-corrected chi connectivity index (χ3v) is 11.3. The first kappa shape index (κ1) is 34.5. The number of carbonyl (C=O) groups is 3. The number of hydrogen-bond acceptors (Lipinski definition) is 6. The van der Waals surface area contributed by atoms with E-state index in [1.165, 1.54) is 25.0 Å². The molecule has 0 heterocycles. The fourth-order valence-corrected chi connectivity index (χ4v) is 8.66. The van der Waals surface area contributed by atoms with E-state index in [4.69, 9.17) is 14.2 Å². The van der Waals surface area contributed by atoms with E-state index in [-0.39, 0.29) is 30.1 Å². The van der Waals surface area contributed by atoms with Crippen molar-refractivity contribution in [3.63, 3.8) is 0 Å². The van der Waals surface area contributed by atoms with Gasteiger partial charge in [0, 0.05) is 17.7 Å². The summed E-state index contributed by atoms with van der Waals surface area (Å²) in [5.74, 6) is 2.82. The zero-order valence-corrected chi connectivity index (χ0v) is 28.2. The van der Waals surface area contributed by atoms with Crippen molar-refractivity contribution in [1.82, 2.24) is 0 Å². The lowest BCUT2D eigenvalue weighted by Crippen LogP contribution is -2.31. The molecule has 0 radical (unpaired) electrons. The van der Waals surface area contributed by atoms with Crippen molar-refractivity contribution < 1.29 is 28.6 Å². The number of fused-ring (bicyclic) bond motifs is 5. The number of ether oxygens (including phenoxy) is 3. The second-order valence-electron chi connectivity index (χ2n) is 15.3. The van der Waals surface area contributed by atoms with E-state index in [1.807, 2.05) is 6.92 Å². The molecule has 0 aromatic rings. The van der Waals surface area contributed by atoms with Gasteiger partial charge in [0.1, 0.15) is 12.2 Å². The van der Waals surface area contributed by atoms with Gasteiger partial charge >= 0.3 is 17.9 Å². The summed E-state index contributed by atoms with van der Waals surface area (Å²) in [6.07, 6.45) is 20.7. The van der Waals surface area contributed by atoms with Crippen LogP contribution in [0.2, 0.25) is 0 Å². The lowest BCUT2D eigenvalue weighted by atomic mass is 9.72. The molecular formula is C38H58O6. The minimum absolute atomic E-state index is 0.0152. The molecule has 6 heteroatoms. The predicted octanol–water partition coefficient (Wildman–Crippen LogP) is 8.55. The van der Waals surface area contributed by atoms with Crippen LogP contribution >= 0.6 is 0 Å². The summed E-state index contributed by atoms with van der Waals surface area (Å²) in [6.45, 7) is 13.6. The van der Waals surface area contributed by atoms with Crippen molar-refractivity contribution in [3.05, 3.63) is 36.0 Å². The second kappa shape index (κ2) is 15.8. The van der Waals surface area contributed by atoms with Crippen LogP contribution in [0.25, 0.3) is 0 Å². The minimum Gasteiger partial charge on any atom is -0.462 e. The van der Waals surface area contributed by atoms with Crippen LogP contribution in [0.3, 0.4) is 0 Å². The summed E-state index contributed by atoms with van der Waals surface area (Å²) >= 11 is 0. The molecule has 44 heavy (non-hydrogen) atoms. The first-order chi connectivity index (χ1) is 21.0. The SMILES string of the molecule is CCCCC(CC)COC(=O)/C(C)=C/C1CC2C3CC(OC(=O)/C=C/C=C/C(=O)OC4CCC(C(C)(C)C)CC4)C(C3)C2C1. The Labute approximate surface area is 266 Å². The van der Waals surface area contributed by atoms with Crippen LogP contribution < -0.4 is 0 Å². The summed E-state index contributed by atoms with van der Waals surface area (Å²) in [5, 5.41) is 0. The molecule has 0 aromatic heterocycles. The molecule has 7 unspecified atom stereocenters. The van der Waals surface area contributed by atoms with Gasteiger partial charge in [-0.2, -0.15) is 0 Å². The van der Waals surface area contributed by atoms with Crippen molar-refractivity contribution in [2.24, 2.45) is 46.8 Å². The van der Waals surface area contributed by atoms with Gasteiger partial charge in [0.2, 0.25) is 0 Å². The molecule has 0 aliphatic heterocycles. The number of esters is 3. The number of allylic oxidation sites excluding steroid dienone is 3. The van der Waals surface area contributed by atoms with Crippen molar-refractivity contribution in [3.8, 4) is 0 Å². The summed E-state index contributed by atoms with van der Waals surface area (Å²) in [4.78, 5) is 37.5. The third kappa shape index (κ3) is 9.33. The average Bonchev–Trinajstić information content (AvgIpc) is 3.67. The van der Waals surface area contributed by atoms with Gasteiger partial charge in [-0.25, -0.2) is 14.4 Å². The molecule has 246 valence electrons. The molecular weight excluding hydrogens is 552 g/mol. The van der Waals surface area contributed by atoms with E-state index >= 15 is 0 Å². The van der Waals surface area contributed by atoms with Crippen LogP contribution in [0, 0.1) is 46.8 Å². The Morgan fingerprint density at radius 2 is 1.50 bits per heavy atom. The largest absolute Gasteiger partial charge is 0.462 e. The van der Waals surface area contributed by atoms with Gasteiger partial charge in [0.25, 0.3) is 0 Å². The van der Waals surface area contributed by atoms with Crippen LogP contribution in [0.15, 0.2) is 36.0 Å². The summed E-state index contributed by atoms with van der Waals surface area (Å²) in [5.41, 5.74) is 1.03. The fraction of sp³-hybridized carbons (Fsp3) is 0.763. The molecule has 4 fully saturated rings. The van der Waals surface area contributed by atoms with E-state index < -0.39 is 0 Å². The van der Waals surface area contributed by atoms with E-state index in [9.17, 15) is 14.4 Å². The van der Waals surface area contributed by atoms with Gasteiger partial charge < -0.3 is 14.2 Å². The molecule has 7 atom stereocenters. The summed E-state index contributed by atoms with van der Waals surface area (Å²) in [6, 6.07) is 0.